The lowest BCUT2D eigenvalue weighted by Crippen LogP contribution is -2.28. The molecule has 1 rings (SSSR count). The van der Waals surface area contributed by atoms with Gasteiger partial charge in [-0.05, 0) is 31.5 Å². The molecule has 0 aliphatic heterocycles. The SMILES string of the molecule is CCNC(CS(=O)CCOC)c1ccc(C)cc1C. The molecule has 3 nitrogen and oxygen atoms in total. The molecule has 0 aliphatic carbocycles. The lowest BCUT2D eigenvalue weighted by atomic mass is 10.0. The molecule has 0 heterocycles. The molecule has 0 aromatic heterocycles. The molecule has 19 heavy (non-hydrogen) atoms. The van der Waals surface area contributed by atoms with Gasteiger partial charge in [-0.15, -0.1) is 0 Å². The van der Waals surface area contributed by atoms with Crippen molar-refractivity contribution in [3.63, 3.8) is 0 Å². The van der Waals surface area contributed by atoms with E-state index >= 15 is 0 Å². The second-order valence-corrected chi connectivity index (χ2v) is 6.39. The van der Waals surface area contributed by atoms with Crippen molar-refractivity contribution >= 4 is 10.8 Å². The molecule has 0 spiro atoms. The van der Waals surface area contributed by atoms with Crippen LogP contribution in [0.25, 0.3) is 0 Å². The second-order valence-electron chi connectivity index (χ2n) is 4.77. The number of rotatable bonds is 8. The number of nitrogens with one attached hydrogen (secondary N) is 1. The third kappa shape index (κ3) is 5.43. The van der Waals surface area contributed by atoms with Crippen LogP contribution < -0.4 is 5.32 Å². The van der Waals surface area contributed by atoms with Crippen molar-refractivity contribution in [2.24, 2.45) is 0 Å². The summed E-state index contributed by atoms with van der Waals surface area (Å²) >= 11 is 0. The molecule has 0 fully saturated rings. The first-order chi connectivity index (χ1) is 9.08. The molecule has 0 saturated carbocycles. The number of benzene rings is 1. The Labute approximate surface area is 119 Å². The Morgan fingerprint density at radius 1 is 1.37 bits per heavy atom. The van der Waals surface area contributed by atoms with E-state index in [2.05, 4.69) is 44.3 Å². The van der Waals surface area contributed by atoms with Gasteiger partial charge in [0.15, 0.2) is 0 Å². The van der Waals surface area contributed by atoms with Crippen LogP contribution >= 0.6 is 0 Å². The van der Waals surface area contributed by atoms with Crippen molar-refractivity contribution in [1.82, 2.24) is 5.32 Å². The summed E-state index contributed by atoms with van der Waals surface area (Å²) in [6, 6.07) is 6.59. The molecule has 1 N–H and O–H groups in total. The van der Waals surface area contributed by atoms with Gasteiger partial charge >= 0.3 is 0 Å². The minimum Gasteiger partial charge on any atom is -0.384 e. The number of hydrogen-bond donors (Lipinski definition) is 1. The van der Waals surface area contributed by atoms with Gasteiger partial charge in [0, 0.05) is 35.5 Å². The normalized spacial score (nSPS) is 14.3. The topological polar surface area (TPSA) is 38.3 Å². The highest BCUT2D eigenvalue weighted by Gasteiger charge is 2.15. The summed E-state index contributed by atoms with van der Waals surface area (Å²) in [4.78, 5) is 0. The van der Waals surface area contributed by atoms with Crippen LogP contribution in [-0.2, 0) is 15.5 Å². The molecule has 2 atom stereocenters. The predicted octanol–water partition coefficient (Wildman–Crippen LogP) is 2.35. The van der Waals surface area contributed by atoms with E-state index in [-0.39, 0.29) is 6.04 Å². The first-order valence-electron chi connectivity index (χ1n) is 6.73. The average molecular weight is 283 g/mol. The van der Waals surface area contributed by atoms with E-state index in [1.807, 2.05) is 0 Å². The second kappa shape index (κ2) is 8.46. The monoisotopic (exact) mass is 283 g/mol. The van der Waals surface area contributed by atoms with E-state index in [1.165, 1.54) is 16.7 Å². The molecule has 0 saturated heterocycles. The van der Waals surface area contributed by atoms with Gasteiger partial charge in [0.25, 0.3) is 0 Å². The largest absolute Gasteiger partial charge is 0.384 e. The van der Waals surface area contributed by atoms with Crippen LogP contribution in [0.4, 0.5) is 0 Å². The number of aryl methyl sites for hydroxylation is 2. The Balaban J connectivity index is 2.78. The van der Waals surface area contributed by atoms with Gasteiger partial charge < -0.3 is 10.1 Å². The quantitative estimate of drug-likeness (QED) is 0.796. The average Bonchev–Trinajstić information content (AvgIpc) is 2.36. The first kappa shape index (κ1) is 16.3. The van der Waals surface area contributed by atoms with Crippen molar-refractivity contribution in [2.45, 2.75) is 26.8 Å². The van der Waals surface area contributed by atoms with Gasteiger partial charge in [0.1, 0.15) is 0 Å². The highest BCUT2D eigenvalue weighted by Crippen LogP contribution is 2.20. The molecule has 108 valence electrons. The molecule has 0 amide bonds. The number of hydrogen-bond acceptors (Lipinski definition) is 3. The van der Waals surface area contributed by atoms with E-state index in [4.69, 9.17) is 4.74 Å². The summed E-state index contributed by atoms with van der Waals surface area (Å²) < 4.78 is 17.0. The zero-order chi connectivity index (χ0) is 14.3. The summed E-state index contributed by atoms with van der Waals surface area (Å²) in [6.07, 6.45) is 0. The van der Waals surface area contributed by atoms with Crippen molar-refractivity contribution in [3.8, 4) is 0 Å². The van der Waals surface area contributed by atoms with Crippen LogP contribution in [0.2, 0.25) is 0 Å². The van der Waals surface area contributed by atoms with E-state index in [0.717, 1.165) is 6.54 Å². The van der Waals surface area contributed by atoms with Gasteiger partial charge in [0.2, 0.25) is 0 Å². The van der Waals surface area contributed by atoms with Crippen molar-refractivity contribution < 1.29 is 8.95 Å². The van der Waals surface area contributed by atoms with Crippen molar-refractivity contribution in [3.05, 3.63) is 34.9 Å². The van der Waals surface area contributed by atoms with Gasteiger partial charge in [-0.3, -0.25) is 4.21 Å². The van der Waals surface area contributed by atoms with E-state index in [9.17, 15) is 4.21 Å². The molecule has 0 aliphatic rings. The molecule has 1 aromatic rings. The van der Waals surface area contributed by atoms with E-state index in [1.54, 1.807) is 7.11 Å². The molecule has 0 radical (unpaired) electrons. The predicted molar refractivity (Wildman–Crippen MR) is 82.1 cm³/mol. The fraction of sp³-hybridized carbons (Fsp3) is 0.600. The van der Waals surface area contributed by atoms with Gasteiger partial charge in [0.05, 0.1) is 6.61 Å². The maximum atomic E-state index is 12.0. The molecular formula is C15H25NO2S. The van der Waals surface area contributed by atoms with E-state index < -0.39 is 10.8 Å². The standard InChI is InChI=1S/C15H25NO2S/c1-5-16-15(11-19(17)9-8-18-4)14-7-6-12(2)10-13(14)3/h6-7,10,15-16H,5,8-9,11H2,1-4H3. The molecule has 2 unspecified atom stereocenters. The fourth-order valence-corrected chi connectivity index (χ4v) is 3.36. The minimum atomic E-state index is -0.853. The summed E-state index contributed by atoms with van der Waals surface area (Å²) in [5.41, 5.74) is 3.77. The Bertz CT molecular complexity index is 421. The highest BCUT2D eigenvalue weighted by atomic mass is 32.2. The van der Waals surface area contributed by atoms with Crippen molar-refractivity contribution in [2.75, 3.05) is 31.8 Å². The Kier molecular flexibility index (Phi) is 7.28. The molecule has 4 heteroatoms. The summed E-state index contributed by atoms with van der Waals surface area (Å²) in [6.45, 7) is 7.72. The van der Waals surface area contributed by atoms with Crippen LogP contribution in [0, 0.1) is 13.8 Å². The maximum absolute atomic E-state index is 12.0. The van der Waals surface area contributed by atoms with E-state index in [0.29, 0.717) is 18.1 Å². The Hall–Kier alpha value is -0.710. The van der Waals surface area contributed by atoms with Crippen molar-refractivity contribution in [1.29, 1.82) is 0 Å². The summed E-state index contributed by atoms with van der Waals surface area (Å²) in [5.74, 6) is 1.24. The van der Waals surface area contributed by atoms with Gasteiger partial charge in [-0.2, -0.15) is 0 Å². The lowest BCUT2D eigenvalue weighted by Gasteiger charge is -2.20. The first-order valence-corrected chi connectivity index (χ1v) is 8.21. The number of methoxy groups -OCH3 is 1. The smallest absolute Gasteiger partial charge is 0.0577 e. The van der Waals surface area contributed by atoms with Crippen LogP contribution in [0.3, 0.4) is 0 Å². The van der Waals surface area contributed by atoms with Crippen LogP contribution in [0.1, 0.15) is 29.7 Å². The summed E-state index contributed by atoms with van der Waals surface area (Å²) in [5, 5.41) is 3.43. The Morgan fingerprint density at radius 2 is 2.11 bits per heavy atom. The number of ether oxygens (including phenoxy) is 1. The summed E-state index contributed by atoms with van der Waals surface area (Å²) in [7, 11) is 0.789. The zero-order valence-corrected chi connectivity index (χ0v) is 13.2. The van der Waals surface area contributed by atoms with Crippen LogP contribution in [0.15, 0.2) is 18.2 Å². The molecular weight excluding hydrogens is 258 g/mol. The minimum absolute atomic E-state index is 0.156. The fourth-order valence-electron chi connectivity index (χ4n) is 2.17. The zero-order valence-electron chi connectivity index (χ0n) is 12.4. The molecule has 0 bridgehead atoms. The molecule has 1 aromatic carbocycles. The van der Waals surface area contributed by atoms with Gasteiger partial charge in [-0.1, -0.05) is 30.7 Å². The van der Waals surface area contributed by atoms with Crippen LogP contribution in [-0.4, -0.2) is 36.0 Å². The third-order valence-electron chi connectivity index (χ3n) is 3.12. The Morgan fingerprint density at radius 3 is 2.68 bits per heavy atom. The lowest BCUT2D eigenvalue weighted by molar-refractivity contribution is 0.218. The third-order valence-corrected chi connectivity index (χ3v) is 4.45. The van der Waals surface area contributed by atoms with Crippen LogP contribution in [0.5, 0.6) is 0 Å². The highest BCUT2D eigenvalue weighted by molar-refractivity contribution is 7.85. The maximum Gasteiger partial charge on any atom is 0.0577 e. The van der Waals surface area contributed by atoms with Gasteiger partial charge in [-0.25, -0.2) is 0 Å².